The molecule has 1 unspecified atom stereocenters. The summed E-state index contributed by atoms with van der Waals surface area (Å²) >= 11 is 3.49. The molecule has 2 aliphatic heterocycles. The van der Waals surface area contributed by atoms with Crippen molar-refractivity contribution in [3.8, 4) is 0 Å². The van der Waals surface area contributed by atoms with Crippen LogP contribution in [-0.4, -0.2) is 67.6 Å². The lowest BCUT2D eigenvalue weighted by Gasteiger charge is -2.37. The number of hydrogen-bond acceptors (Lipinski definition) is 3. The zero-order valence-corrected chi connectivity index (χ0v) is 16.2. The number of hydrogen-bond donors (Lipinski definition) is 1. The molecule has 3 rings (SSSR count). The van der Waals surface area contributed by atoms with E-state index in [0.29, 0.717) is 6.61 Å². The standard InChI is InChI=1S/C18H25BrN4O2/c1-20-18(21-13-14-4-2-5-15(19)12-14)23-9-7-22(8-10-23)17(24)16-6-3-11-25-16/h2,4-5,12,16H,3,6-11,13H2,1H3,(H,20,21). The third kappa shape index (κ3) is 4.73. The van der Waals surface area contributed by atoms with E-state index >= 15 is 0 Å². The monoisotopic (exact) mass is 408 g/mol. The first-order valence-corrected chi connectivity index (χ1v) is 9.57. The minimum Gasteiger partial charge on any atom is -0.368 e. The number of nitrogens with one attached hydrogen (secondary N) is 1. The Morgan fingerprint density at radius 3 is 2.72 bits per heavy atom. The molecule has 7 heteroatoms. The number of halogens is 1. The number of carbonyl (C=O) groups is 1. The van der Waals surface area contributed by atoms with Crippen molar-refractivity contribution in [1.82, 2.24) is 15.1 Å². The Morgan fingerprint density at radius 2 is 2.08 bits per heavy atom. The summed E-state index contributed by atoms with van der Waals surface area (Å²) in [5.74, 6) is 1.03. The molecule has 2 heterocycles. The van der Waals surface area contributed by atoms with Crippen LogP contribution in [0.5, 0.6) is 0 Å². The van der Waals surface area contributed by atoms with Crippen molar-refractivity contribution < 1.29 is 9.53 Å². The molecule has 1 N–H and O–H groups in total. The lowest BCUT2D eigenvalue weighted by atomic mass is 10.2. The first-order valence-electron chi connectivity index (χ1n) is 8.78. The molecule has 0 aliphatic carbocycles. The molecule has 1 aromatic rings. The van der Waals surface area contributed by atoms with Gasteiger partial charge in [0.15, 0.2) is 5.96 Å². The number of piperazine rings is 1. The van der Waals surface area contributed by atoms with Crippen molar-refractivity contribution in [2.75, 3.05) is 39.8 Å². The Morgan fingerprint density at radius 1 is 1.32 bits per heavy atom. The van der Waals surface area contributed by atoms with E-state index in [1.54, 1.807) is 7.05 Å². The van der Waals surface area contributed by atoms with Crippen LogP contribution in [0.1, 0.15) is 18.4 Å². The molecule has 25 heavy (non-hydrogen) atoms. The van der Waals surface area contributed by atoms with Crippen LogP contribution < -0.4 is 5.32 Å². The lowest BCUT2D eigenvalue weighted by molar-refractivity contribution is -0.142. The first kappa shape index (κ1) is 18.2. The van der Waals surface area contributed by atoms with E-state index in [4.69, 9.17) is 4.74 Å². The van der Waals surface area contributed by atoms with Gasteiger partial charge in [-0.2, -0.15) is 0 Å². The number of carbonyl (C=O) groups excluding carboxylic acids is 1. The van der Waals surface area contributed by atoms with Crippen molar-refractivity contribution in [2.45, 2.75) is 25.5 Å². The van der Waals surface area contributed by atoms with E-state index in [-0.39, 0.29) is 12.0 Å². The highest BCUT2D eigenvalue weighted by Crippen LogP contribution is 2.16. The fourth-order valence-electron chi connectivity index (χ4n) is 3.28. The third-order valence-electron chi connectivity index (χ3n) is 4.65. The number of guanidine groups is 1. The molecule has 0 bridgehead atoms. The highest BCUT2D eigenvalue weighted by atomic mass is 79.9. The molecule has 1 aromatic carbocycles. The second-order valence-electron chi connectivity index (χ2n) is 6.34. The van der Waals surface area contributed by atoms with Gasteiger partial charge in [0.1, 0.15) is 6.10 Å². The molecule has 0 aromatic heterocycles. The van der Waals surface area contributed by atoms with Crippen molar-refractivity contribution in [2.24, 2.45) is 4.99 Å². The Labute approximate surface area is 157 Å². The van der Waals surface area contributed by atoms with Gasteiger partial charge in [0.25, 0.3) is 5.91 Å². The molecular formula is C18H25BrN4O2. The van der Waals surface area contributed by atoms with Gasteiger partial charge in [-0.3, -0.25) is 9.79 Å². The van der Waals surface area contributed by atoms with Crippen molar-refractivity contribution in [3.05, 3.63) is 34.3 Å². The largest absolute Gasteiger partial charge is 0.368 e. The quantitative estimate of drug-likeness (QED) is 0.612. The Bertz CT molecular complexity index is 623. The van der Waals surface area contributed by atoms with Gasteiger partial charge in [-0.25, -0.2) is 0 Å². The minimum absolute atomic E-state index is 0.147. The van der Waals surface area contributed by atoms with Crippen LogP contribution in [-0.2, 0) is 16.1 Å². The van der Waals surface area contributed by atoms with Gasteiger partial charge >= 0.3 is 0 Å². The third-order valence-corrected chi connectivity index (χ3v) is 5.14. The minimum atomic E-state index is -0.222. The van der Waals surface area contributed by atoms with E-state index in [0.717, 1.165) is 56.0 Å². The molecule has 1 atom stereocenters. The molecule has 2 fully saturated rings. The molecule has 6 nitrogen and oxygen atoms in total. The van der Waals surface area contributed by atoms with Gasteiger partial charge in [0, 0.05) is 50.9 Å². The van der Waals surface area contributed by atoms with E-state index in [2.05, 4.69) is 43.3 Å². The topological polar surface area (TPSA) is 57.2 Å². The zero-order chi connectivity index (χ0) is 17.6. The zero-order valence-electron chi connectivity index (χ0n) is 14.6. The Hall–Kier alpha value is -1.60. The smallest absolute Gasteiger partial charge is 0.251 e. The predicted octanol–water partition coefficient (Wildman–Crippen LogP) is 1.85. The van der Waals surface area contributed by atoms with Crippen LogP contribution in [0.4, 0.5) is 0 Å². The van der Waals surface area contributed by atoms with Gasteiger partial charge in [0.2, 0.25) is 0 Å². The highest BCUT2D eigenvalue weighted by molar-refractivity contribution is 9.10. The maximum absolute atomic E-state index is 12.4. The summed E-state index contributed by atoms with van der Waals surface area (Å²) < 4.78 is 6.59. The SMILES string of the molecule is CN=C(NCc1cccc(Br)c1)N1CCN(C(=O)C2CCCO2)CC1. The van der Waals surface area contributed by atoms with E-state index < -0.39 is 0 Å². The van der Waals surface area contributed by atoms with Crippen molar-refractivity contribution in [1.29, 1.82) is 0 Å². The molecule has 136 valence electrons. The van der Waals surface area contributed by atoms with Crippen molar-refractivity contribution in [3.63, 3.8) is 0 Å². The van der Waals surface area contributed by atoms with E-state index in [1.165, 1.54) is 5.56 Å². The summed E-state index contributed by atoms with van der Waals surface area (Å²) in [5, 5.41) is 3.41. The average molecular weight is 409 g/mol. The number of rotatable bonds is 3. The first-order chi connectivity index (χ1) is 12.2. The fraction of sp³-hybridized carbons (Fsp3) is 0.556. The second-order valence-corrected chi connectivity index (χ2v) is 7.26. The molecule has 0 saturated carbocycles. The van der Waals surface area contributed by atoms with Crippen LogP contribution in [0.2, 0.25) is 0 Å². The van der Waals surface area contributed by atoms with Gasteiger partial charge in [-0.15, -0.1) is 0 Å². The average Bonchev–Trinajstić information content (AvgIpc) is 3.17. The van der Waals surface area contributed by atoms with E-state index in [9.17, 15) is 4.79 Å². The highest BCUT2D eigenvalue weighted by Gasteiger charge is 2.30. The number of nitrogens with zero attached hydrogens (tertiary/aromatic N) is 3. The summed E-state index contributed by atoms with van der Waals surface area (Å²) in [5.41, 5.74) is 1.20. The van der Waals surface area contributed by atoms with Crippen LogP contribution in [0.3, 0.4) is 0 Å². The summed E-state index contributed by atoms with van der Waals surface area (Å²) in [6.45, 7) is 4.45. The number of ether oxygens (including phenoxy) is 1. The maximum atomic E-state index is 12.4. The number of benzene rings is 1. The Balaban J connectivity index is 1.49. The molecule has 0 spiro atoms. The van der Waals surface area contributed by atoms with Gasteiger partial charge in [-0.05, 0) is 30.5 Å². The van der Waals surface area contributed by atoms with Gasteiger partial charge in [-0.1, -0.05) is 28.1 Å². The van der Waals surface area contributed by atoms with Gasteiger partial charge < -0.3 is 19.9 Å². The van der Waals surface area contributed by atoms with Crippen LogP contribution >= 0.6 is 15.9 Å². The molecular weight excluding hydrogens is 384 g/mol. The second kappa shape index (κ2) is 8.67. The molecule has 0 radical (unpaired) electrons. The van der Waals surface area contributed by atoms with Crippen LogP contribution in [0, 0.1) is 0 Å². The Kier molecular flexibility index (Phi) is 6.31. The fourth-order valence-corrected chi connectivity index (χ4v) is 3.72. The van der Waals surface area contributed by atoms with Crippen LogP contribution in [0.15, 0.2) is 33.7 Å². The summed E-state index contributed by atoms with van der Waals surface area (Å²) in [6, 6.07) is 8.23. The summed E-state index contributed by atoms with van der Waals surface area (Å²) in [7, 11) is 1.80. The van der Waals surface area contributed by atoms with E-state index in [1.807, 2.05) is 17.0 Å². The van der Waals surface area contributed by atoms with Crippen molar-refractivity contribution >= 4 is 27.8 Å². The molecule has 2 aliphatic rings. The summed E-state index contributed by atoms with van der Waals surface area (Å²) in [4.78, 5) is 20.9. The lowest BCUT2D eigenvalue weighted by Crippen LogP contribution is -2.55. The number of amides is 1. The maximum Gasteiger partial charge on any atom is 0.251 e. The normalized spacial score (nSPS) is 21.5. The molecule has 1 amide bonds. The predicted molar refractivity (Wildman–Crippen MR) is 101 cm³/mol. The van der Waals surface area contributed by atoms with Gasteiger partial charge in [0.05, 0.1) is 0 Å². The molecule has 2 saturated heterocycles. The summed E-state index contributed by atoms with van der Waals surface area (Å²) in [6.07, 6.45) is 1.62. The number of aliphatic imine (C=N–C) groups is 1. The van der Waals surface area contributed by atoms with Crippen LogP contribution in [0.25, 0.3) is 0 Å².